The van der Waals surface area contributed by atoms with Crippen molar-refractivity contribution in [3.63, 3.8) is 0 Å². The fourth-order valence-corrected chi connectivity index (χ4v) is 10.1. The van der Waals surface area contributed by atoms with Crippen molar-refractivity contribution in [1.82, 2.24) is 0 Å². The Labute approximate surface area is 403 Å². The average Bonchev–Trinajstić information content (AvgIpc) is 3.29. The molecule has 6 aromatic carbocycles. The lowest BCUT2D eigenvalue weighted by Crippen LogP contribution is -2.12. The molecule has 0 aliphatic carbocycles. The lowest BCUT2D eigenvalue weighted by molar-refractivity contribution is -0.434. The molecule has 0 aliphatic heterocycles. The SMILES string of the molecule is Nc1cc(N)c(S(=O)(=O)O)cc1/N=N/c1ccc(NS(=O)(=O)c2ccc(/N=N/c3c(S(=O)(=O)O)cc4cc(SOOO)c(/N=N/c5ccc(S(=O)(=O)CCOSOOO)cc5)c(N)c4c3O)cc2)cc1. The summed E-state index contributed by atoms with van der Waals surface area (Å²) in [5, 5.41) is 58.7. The van der Waals surface area contributed by atoms with Crippen LogP contribution >= 0.6 is 24.4 Å². The summed E-state index contributed by atoms with van der Waals surface area (Å²) in [6, 6.07) is 19.1. The van der Waals surface area contributed by atoms with Gasteiger partial charge in [0, 0.05) is 5.69 Å². The number of nitrogen functional groups attached to an aromatic ring is 3. The van der Waals surface area contributed by atoms with Crippen molar-refractivity contribution in [3.8, 4) is 5.75 Å². The molecule has 0 fully saturated rings. The molecule has 0 aromatic heterocycles. The molecule has 6 aromatic rings. The van der Waals surface area contributed by atoms with E-state index in [1.807, 2.05) is 0 Å². The summed E-state index contributed by atoms with van der Waals surface area (Å²) >= 11 is 0.524. The third-order valence-corrected chi connectivity index (χ3v) is 14.9. The summed E-state index contributed by atoms with van der Waals surface area (Å²) < 4.78 is 135. The van der Waals surface area contributed by atoms with Crippen molar-refractivity contribution in [2.75, 3.05) is 34.3 Å². The Morgan fingerprint density at radius 1 is 0.600 bits per heavy atom. The van der Waals surface area contributed by atoms with Crippen LogP contribution in [0.4, 0.5) is 56.9 Å². The zero-order valence-electron chi connectivity index (χ0n) is 34.6. The molecule has 0 aliphatic rings. The molecule has 0 saturated carbocycles. The van der Waals surface area contributed by atoms with Gasteiger partial charge >= 0.3 is 0 Å². The van der Waals surface area contributed by atoms with Crippen LogP contribution in [0.5, 0.6) is 5.75 Å². The first-order valence-electron chi connectivity index (χ1n) is 18.5. The highest BCUT2D eigenvalue weighted by Gasteiger charge is 2.26. The second-order valence-electron chi connectivity index (χ2n) is 13.5. The minimum Gasteiger partial charge on any atom is -0.505 e. The standard InChI is InChI=1S/C36H32N10O18S6/c37-26-17-27(38)30(69(54,55)56)18-28(26)43-40-20-1-3-23(4-2-20)46-68(52,53)25-11-7-22(8-12-25)42-45-35-31(70(57,58)59)16-19-15-29(65-63-61-48)34(33(39)32(19)36(35)47)44-41-21-5-9-24(10-6-21)67(50,51)14-13-60-66-64-62-49/h1-12,15-18,46-49H,13-14,37-39H2,(H,54,55,56)(H,57,58,59)/b43-40+,44-41+,45-42+. The molecule has 0 radical (unpaired) electrons. The number of phenolic OH excluding ortho intramolecular Hbond substituents is 1. The van der Waals surface area contributed by atoms with Gasteiger partial charge in [-0.3, -0.25) is 18.0 Å². The molecular formula is C36H32N10O18S6. The smallest absolute Gasteiger partial charge is 0.296 e. The molecule has 0 unspecified atom stereocenters. The number of sulfone groups is 1. The number of aromatic hydroxyl groups is 1. The lowest BCUT2D eigenvalue weighted by Gasteiger charge is -2.14. The molecule has 0 amide bonds. The van der Waals surface area contributed by atoms with E-state index in [9.17, 15) is 47.9 Å². The summed E-state index contributed by atoms with van der Waals surface area (Å²) in [6.07, 6.45) is 0. The van der Waals surface area contributed by atoms with E-state index in [0.29, 0.717) is 12.0 Å². The highest BCUT2D eigenvalue weighted by atomic mass is 32.2. The zero-order chi connectivity index (χ0) is 51.0. The van der Waals surface area contributed by atoms with Crippen LogP contribution in [0.1, 0.15) is 0 Å². The Bertz CT molecular complexity index is 3480. The summed E-state index contributed by atoms with van der Waals surface area (Å²) in [7, 11) is -18.0. The van der Waals surface area contributed by atoms with Crippen molar-refractivity contribution in [2.24, 2.45) is 30.7 Å². The van der Waals surface area contributed by atoms with Gasteiger partial charge in [-0.15, -0.1) is 24.0 Å². The van der Waals surface area contributed by atoms with Gasteiger partial charge in [-0.2, -0.15) is 32.2 Å². The van der Waals surface area contributed by atoms with Crippen LogP contribution in [0.15, 0.2) is 152 Å². The predicted molar refractivity (Wildman–Crippen MR) is 249 cm³/mol. The summed E-state index contributed by atoms with van der Waals surface area (Å²) in [4.78, 5) is -2.05. The molecule has 0 heterocycles. The van der Waals surface area contributed by atoms with Gasteiger partial charge in [-0.25, -0.2) is 27.4 Å². The number of fused-ring (bicyclic) bond motifs is 1. The Morgan fingerprint density at radius 2 is 1.14 bits per heavy atom. The van der Waals surface area contributed by atoms with E-state index in [1.165, 1.54) is 66.7 Å². The van der Waals surface area contributed by atoms with Crippen LogP contribution in [0, 0.1) is 0 Å². The normalized spacial score (nSPS) is 12.7. The van der Waals surface area contributed by atoms with Crippen molar-refractivity contribution < 1.29 is 81.3 Å². The van der Waals surface area contributed by atoms with E-state index in [0.717, 1.165) is 30.3 Å². The van der Waals surface area contributed by atoms with E-state index in [1.54, 1.807) is 0 Å². The van der Waals surface area contributed by atoms with Crippen molar-refractivity contribution in [1.29, 1.82) is 0 Å². The molecule has 0 atom stereocenters. The number of benzene rings is 6. The molecule has 0 saturated heterocycles. The molecule has 12 N–H and O–H groups in total. The van der Waals surface area contributed by atoms with Gasteiger partial charge < -0.3 is 22.3 Å². The number of nitrogens with two attached hydrogens (primary N) is 3. The maximum Gasteiger partial charge on any atom is 0.296 e. The molecule has 0 bridgehead atoms. The maximum atomic E-state index is 13.2. The molecular weight excluding hydrogens is 1050 g/mol. The van der Waals surface area contributed by atoms with Crippen LogP contribution in [0.25, 0.3) is 10.8 Å². The molecule has 0 spiro atoms. The lowest BCUT2D eigenvalue weighted by atomic mass is 10.1. The first kappa shape index (κ1) is 52.9. The van der Waals surface area contributed by atoms with Crippen molar-refractivity contribution in [3.05, 3.63) is 97.1 Å². The van der Waals surface area contributed by atoms with Gasteiger partial charge in [-0.1, -0.05) is 10.1 Å². The largest absolute Gasteiger partial charge is 0.505 e. The quantitative estimate of drug-likeness (QED) is 0.00626. The predicted octanol–water partition coefficient (Wildman–Crippen LogP) is 8.04. The summed E-state index contributed by atoms with van der Waals surface area (Å²) in [6.45, 7) is -0.336. The van der Waals surface area contributed by atoms with E-state index in [2.05, 4.69) is 54.2 Å². The number of azo groups is 3. The van der Waals surface area contributed by atoms with Gasteiger partial charge in [0.1, 0.15) is 26.9 Å². The Balaban J connectivity index is 1.23. The zero-order valence-corrected chi connectivity index (χ0v) is 39.5. The molecule has 370 valence electrons. The highest BCUT2D eigenvalue weighted by Crippen LogP contribution is 2.49. The van der Waals surface area contributed by atoms with Crippen LogP contribution in [0.2, 0.25) is 0 Å². The van der Waals surface area contributed by atoms with E-state index in [4.69, 9.17) is 31.9 Å². The molecule has 28 nitrogen and oxygen atoms in total. The minimum atomic E-state index is -5.16. The summed E-state index contributed by atoms with van der Waals surface area (Å²) in [5.74, 6) is -1.41. The third kappa shape index (κ3) is 13.0. The monoisotopic (exact) mass is 1080 g/mol. The second kappa shape index (κ2) is 22.1. The van der Waals surface area contributed by atoms with Crippen molar-refractivity contribution in [2.45, 2.75) is 24.5 Å². The number of nitrogens with one attached hydrogen (secondary N) is 1. The van der Waals surface area contributed by atoms with Crippen LogP contribution < -0.4 is 21.9 Å². The number of phenols is 1. The van der Waals surface area contributed by atoms with E-state index >= 15 is 0 Å². The number of nitrogens with zero attached hydrogens (tertiary/aromatic N) is 6. The number of hydrogen-bond acceptors (Lipinski definition) is 27. The molecule has 6 rings (SSSR count). The van der Waals surface area contributed by atoms with Crippen LogP contribution in [-0.4, -0.2) is 70.8 Å². The summed E-state index contributed by atoms with van der Waals surface area (Å²) in [5.41, 5.74) is 16.3. The Kier molecular flexibility index (Phi) is 16.7. The van der Waals surface area contributed by atoms with Gasteiger partial charge in [0.25, 0.3) is 30.3 Å². The topological polar surface area (TPSA) is 448 Å². The fraction of sp³-hybridized carbons (Fsp3) is 0.0556. The molecule has 70 heavy (non-hydrogen) atoms. The number of sulfonamides is 1. The number of rotatable bonds is 21. The van der Waals surface area contributed by atoms with E-state index < -0.39 is 67.1 Å². The Hall–Kier alpha value is -6.48. The number of hydrogen-bond donors (Lipinski definition) is 9. The van der Waals surface area contributed by atoms with Gasteiger partial charge in [-0.05, 0) is 102 Å². The van der Waals surface area contributed by atoms with Crippen molar-refractivity contribution >= 4 is 132 Å². The van der Waals surface area contributed by atoms with Gasteiger partial charge in [0.05, 0.1) is 78.6 Å². The first-order chi connectivity index (χ1) is 33.0. The average molecular weight is 1090 g/mol. The van der Waals surface area contributed by atoms with E-state index in [-0.39, 0.29) is 95.6 Å². The highest BCUT2D eigenvalue weighted by molar-refractivity contribution is 7.94. The number of anilines is 4. The fourth-order valence-electron chi connectivity index (χ4n) is 5.81. The van der Waals surface area contributed by atoms with Gasteiger partial charge in [0.2, 0.25) is 0 Å². The van der Waals surface area contributed by atoms with Crippen LogP contribution in [0.3, 0.4) is 0 Å². The first-order valence-corrected chi connectivity index (χ1v) is 25.9. The van der Waals surface area contributed by atoms with Crippen LogP contribution in [-0.2, 0) is 63.0 Å². The maximum absolute atomic E-state index is 13.2. The molecule has 34 heteroatoms. The second-order valence-corrected chi connectivity index (χ2v) is 21.3. The Morgan fingerprint density at radius 3 is 1.71 bits per heavy atom. The minimum absolute atomic E-state index is 0.0386. The van der Waals surface area contributed by atoms with Gasteiger partial charge in [0.15, 0.2) is 27.9 Å². The third-order valence-electron chi connectivity index (χ3n) is 8.99.